The normalized spacial score (nSPS) is 15.8. The van der Waals surface area contributed by atoms with Crippen LogP contribution in [0.1, 0.15) is 56.7 Å². The zero-order chi connectivity index (χ0) is 35.2. The van der Waals surface area contributed by atoms with Crippen molar-refractivity contribution in [2.24, 2.45) is 10.9 Å². The topological polar surface area (TPSA) is 15.6 Å². The molecule has 3 aromatic carbocycles. The van der Waals surface area contributed by atoms with Crippen LogP contribution in [0.2, 0.25) is 0 Å². The summed E-state index contributed by atoms with van der Waals surface area (Å²) >= 11 is 0. The Morgan fingerprint density at radius 1 is 0.837 bits per heavy atom. The van der Waals surface area contributed by atoms with E-state index in [2.05, 4.69) is 137 Å². The molecule has 1 aliphatic rings. The summed E-state index contributed by atoms with van der Waals surface area (Å²) in [5.41, 5.74) is 8.44. The smallest absolute Gasteiger partial charge is 0.127 e. The number of rotatable bonds is 15. The van der Waals surface area contributed by atoms with Crippen LogP contribution in [-0.2, 0) is 0 Å². The molecule has 0 heterocycles. The monoisotopic (exact) mass is 644 g/mol. The van der Waals surface area contributed by atoms with E-state index in [9.17, 15) is 0 Å². The van der Waals surface area contributed by atoms with Crippen LogP contribution in [0.3, 0.4) is 0 Å². The van der Waals surface area contributed by atoms with Crippen LogP contribution in [0, 0.1) is 5.92 Å². The van der Waals surface area contributed by atoms with E-state index in [0.717, 1.165) is 49.3 Å². The molecule has 0 radical (unpaired) electrons. The van der Waals surface area contributed by atoms with Gasteiger partial charge in [0, 0.05) is 13.1 Å². The molecular weight excluding hydrogens is 593 g/mol. The highest BCUT2D eigenvalue weighted by Gasteiger charge is 2.27. The molecule has 0 aliphatic heterocycles. The first-order valence-corrected chi connectivity index (χ1v) is 17.4. The van der Waals surface area contributed by atoms with E-state index in [1.165, 1.54) is 49.0 Å². The Hall–Kier alpha value is -5.21. The maximum Gasteiger partial charge on any atom is 0.127 e. The van der Waals surface area contributed by atoms with Crippen molar-refractivity contribution in [3.05, 3.63) is 163 Å². The first-order chi connectivity index (χ1) is 24.0. The van der Waals surface area contributed by atoms with Crippen LogP contribution in [0.25, 0.3) is 51.8 Å². The quantitative estimate of drug-likeness (QED) is 0.0696. The van der Waals surface area contributed by atoms with Crippen LogP contribution in [0.4, 0.5) is 0 Å². The lowest BCUT2D eigenvalue weighted by atomic mass is 9.78. The zero-order valence-corrected chi connectivity index (χ0v) is 29.8. The van der Waals surface area contributed by atoms with Gasteiger partial charge in [-0.2, -0.15) is 0 Å². The molecule has 2 nitrogen and oxygen atoms in total. The fourth-order valence-corrected chi connectivity index (χ4v) is 6.94. The number of benzene rings is 3. The Balaban J connectivity index is 1.90. The fourth-order valence-electron chi connectivity index (χ4n) is 6.94. The number of amidine groups is 1. The molecule has 0 saturated carbocycles. The predicted molar refractivity (Wildman–Crippen MR) is 221 cm³/mol. The summed E-state index contributed by atoms with van der Waals surface area (Å²) in [4.78, 5) is 7.44. The molecule has 2 heteroatoms. The number of allylic oxidation sites excluding steroid dienone is 7. The zero-order valence-electron chi connectivity index (χ0n) is 29.8. The molecule has 250 valence electrons. The van der Waals surface area contributed by atoms with E-state index in [-0.39, 0.29) is 0 Å². The number of nitrogens with zero attached hydrogens (tertiary/aromatic N) is 2. The lowest BCUT2D eigenvalue weighted by Gasteiger charge is -2.32. The molecule has 1 aliphatic carbocycles. The Bertz CT molecular complexity index is 1990. The minimum Gasteiger partial charge on any atom is -0.353 e. The van der Waals surface area contributed by atoms with Crippen LogP contribution < -0.4 is 10.4 Å². The lowest BCUT2D eigenvalue weighted by molar-refractivity contribution is 0.459. The standard InChI is InChI=1S/C47H52N2/c1-9-17-18-19-20-23-32-49(31-11-3)47(48-30-10-2)44-29-28-39(33-35(44)12-4)46-42(15-7)40(13-5)45(41(14-6)43(46)16-8)38-27-26-36-24-21-22-25-37(36)34-38/h9-11,13-22,24-29,34-35H,1-3,5,7,12,23,30-33H2,4,6,8H3/b18-17-,20-19-,41-14+,43-16+,48-47-/t35-/m0/s1. The van der Waals surface area contributed by atoms with Gasteiger partial charge in [0.25, 0.3) is 0 Å². The second-order valence-electron chi connectivity index (χ2n) is 12.1. The van der Waals surface area contributed by atoms with Gasteiger partial charge in [0.05, 0.1) is 6.54 Å². The number of aliphatic imine (C=N–C) groups is 1. The molecule has 0 amide bonds. The molecule has 0 spiro atoms. The van der Waals surface area contributed by atoms with Gasteiger partial charge in [-0.1, -0.05) is 142 Å². The number of fused-ring (bicyclic) bond motifs is 1. The lowest BCUT2D eigenvalue weighted by Crippen LogP contribution is -2.37. The highest BCUT2D eigenvalue weighted by Crippen LogP contribution is 2.37. The molecule has 0 fully saturated rings. The van der Waals surface area contributed by atoms with Gasteiger partial charge < -0.3 is 4.90 Å². The third-order valence-corrected chi connectivity index (χ3v) is 9.20. The van der Waals surface area contributed by atoms with Crippen LogP contribution >= 0.6 is 0 Å². The summed E-state index contributed by atoms with van der Waals surface area (Å²) in [5.74, 6) is 1.33. The van der Waals surface area contributed by atoms with Crippen molar-refractivity contribution < 1.29 is 0 Å². The minimum atomic E-state index is 0.297. The van der Waals surface area contributed by atoms with Crippen molar-refractivity contribution in [3.63, 3.8) is 0 Å². The molecular formula is C47H52N2. The summed E-state index contributed by atoms with van der Waals surface area (Å²) in [6.07, 6.45) is 29.8. The average Bonchev–Trinajstić information content (AvgIpc) is 3.14. The molecule has 0 unspecified atom stereocenters. The Morgan fingerprint density at radius 2 is 1.55 bits per heavy atom. The Kier molecular flexibility index (Phi) is 13.7. The van der Waals surface area contributed by atoms with E-state index >= 15 is 0 Å². The minimum absolute atomic E-state index is 0.297. The van der Waals surface area contributed by atoms with Gasteiger partial charge in [-0.3, -0.25) is 4.99 Å². The van der Waals surface area contributed by atoms with Gasteiger partial charge in [-0.05, 0) is 105 Å². The molecule has 1 atom stereocenters. The van der Waals surface area contributed by atoms with E-state index < -0.39 is 0 Å². The van der Waals surface area contributed by atoms with Gasteiger partial charge in [0.1, 0.15) is 5.84 Å². The number of hydrogen-bond acceptors (Lipinski definition) is 1. The summed E-state index contributed by atoms with van der Waals surface area (Å²) in [6, 6.07) is 15.3. The molecule has 3 aromatic rings. The first kappa shape index (κ1) is 36.6. The van der Waals surface area contributed by atoms with E-state index in [0.29, 0.717) is 12.5 Å². The van der Waals surface area contributed by atoms with Crippen molar-refractivity contribution in [3.8, 4) is 11.1 Å². The fraction of sp³-hybridized carbons (Fsp3) is 0.213. The van der Waals surface area contributed by atoms with Gasteiger partial charge in [0.2, 0.25) is 0 Å². The highest BCUT2D eigenvalue weighted by molar-refractivity contribution is 6.01. The summed E-state index contributed by atoms with van der Waals surface area (Å²) < 4.78 is 0. The third-order valence-electron chi connectivity index (χ3n) is 9.20. The van der Waals surface area contributed by atoms with Crippen LogP contribution in [-0.4, -0.2) is 30.4 Å². The van der Waals surface area contributed by atoms with E-state index in [4.69, 9.17) is 4.99 Å². The molecule has 0 aromatic heterocycles. The molecule has 0 saturated heterocycles. The van der Waals surface area contributed by atoms with Gasteiger partial charge in [0.15, 0.2) is 0 Å². The average molecular weight is 645 g/mol. The second kappa shape index (κ2) is 18.4. The van der Waals surface area contributed by atoms with Crippen LogP contribution in [0.15, 0.2) is 141 Å². The summed E-state index contributed by atoms with van der Waals surface area (Å²) in [6.45, 7) is 29.2. The molecule has 4 rings (SSSR count). The van der Waals surface area contributed by atoms with Crippen molar-refractivity contribution >= 4 is 46.5 Å². The summed E-state index contributed by atoms with van der Waals surface area (Å²) in [7, 11) is 0. The second-order valence-corrected chi connectivity index (χ2v) is 12.1. The van der Waals surface area contributed by atoms with Gasteiger partial charge in [-0.25, -0.2) is 0 Å². The predicted octanol–water partition coefficient (Wildman–Crippen LogP) is 10.9. The largest absolute Gasteiger partial charge is 0.353 e. The van der Waals surface area contributed by atoms with E-state index in [1.54, 1.807) is 6.08 Å². The summed E-state index contributed by atoms with van der Waals surface area (Å²) in [5, 5.41) is 4.91. The van der Waals surface area contributed by atoms with Gasteiger partial charge >= 0.3 is 0 Å². The number of hydrogen-bond donors (Lipinski definition) is 0. The van der Waals surface area contributed by atoms with Crippen molar-refractivity contribution in [1.82, 2.24) is 4.90 Å². The molecule has 49 heavy (non-hydrogen) atoms. The maximum absolute atomic E-state index is 5.09. The van der Waals surface area contributed by atoms with Crippen molar-refractivity contribution in [1.29, 1.82) is 0 Å². The van der Waals surface area contributed by atoms with E-state index in [1.807, 2.05) is 36.5 Å². The van der Waals surface area contributed by atoms with Gasteiger partial charge in [-0.15, -0.1) is 13.2 Å². The molecule has 0 N–H and O–H groups in total. The maximum atomic E-state index is 5.09. The van der Waals surface area contributed by atoms with Crippen LogP contribution in [0.5, 0.6) is 0 Å². The molecule has 0 bridgehead atoms. The first-order valence-electron chi connectivity index (χ1n) is 17.4. The Labute approximate surface area is 295 Å². The SMILES string of the molecule is C=C/C=C\C=C/CCN(CC=C)/C(=N\CC=C)C1=CC=C(c2c(C=C)c(C=C)c(-c3ccc4ccccc4c3)c(=C/C)/c2=C\C)C[C@@H]1CC. The highest BCUT2D eigenvalue weighted by atomic mass is 15.2. The van der Waals surface area contributed by atoms with Crippen molar-refractivity contribution in [2.45, 2.75) is 40.0 Å². The van der Waals surface area contributed by atoms with Crippen molar-refractivity contribution in [2.75, 3.05) is 19.6 Å². The Morgan fingerprint density at radius 3 is 2.20 bits per heavy atom. The third kappa shape index (κ3) is 8.27.